The quantitative estimate of drug-likeness (QED) is 0.617. The van der Waals surface area contributed by atoms with Crippen LogP contribution in [-0.2, 0) is 4.79 Å². The van der Waals surface area contributed by atoms with Gasteiger partial charge in [0.05, 0.1) is 11.9 Å². The molecule has 0 spiro atoms. The average Bonchev–Trinajstić information content (AvgIpc) is 2.88. The third-order valence-corrected chi connectivity index (χ3v) is 5.62. The second-order valence-corrected chi connectivity index (χ2v) is 8.47. The van der Waals surface area contributed by atoms with Gasteiger partial charge in [0, 0.05) is 5.39 Å². The molecule has 24 heavy (non-hydrogen) atoms. The molecule has 0 saturated carbocycles. The molecule has 3 aromatic rings. The summed E-state index contributed by atoms with van der Waals surface area (Å²) in [5, 5.41) is 12.3. The second kappa shape index (κ2) is 6.26. The summed E-state index contributed by atoms with van der Waals surface area (Å²) in [7, 11) is 0. The van der Waals surface area contributed by atoms with Crippen molar-refractivity contribution >= 4 is 44.4 Å². The maximum absolute atomic E-state index is 11.5. The Hall–Kier alpha value is -1.79. The van der Waals surface area contributed by atoms with Crippen LogP contribution in [0.25, 0.3) is 16.5 Å². The number of aromatic nitrogens is 2. The highest BCUT2D eigenvalue weighted by molar-refractivity contribution is 9.10. The fourth-order valence-electron chi connectivity index (χ4n) is 2.51. The lowest BCUT2D eigenvalue weighted by Gasteiger charge is -2.20. The second-order valence-electron chi connectivity index (χ2n) is 6.06. The molecule has 0 aliphatic carbocycles. The molecule has 0 radical (unpaired) electrons. The van der Waals surface area contributed by atoms with Crippen LogP contribution in [0.1, 0.15) is 19.4 Å². The van der Waals surface area contributed by atoms with Gasteiger partial charge in [-0.05, 0) is 53.7 Å². The number of carbonyl (C=O) groups is 1. The van der Waals surface area contributed by atoms with Crippen LogP contribution in [0.4, 0.5) is 0 Å². The predicted octanol–water partition coefficient (Wildman–Crippen LogP) is 5.05. The van der Waals surface area contributed by atoms with Gasteiger partial charge in [-0.3, -0.25) is 9.36 Å². The minimum atomic E-state index is -0.969. The Morgan fingerprint density at radius 1 is 1.21 bits per heavy atom. The van der Waals surface area contributed by atoms with Gasteiger partial charge < -0.3 is 5.11 Å². The molecule has 1 heterocycles. The van der Waals surface area contributed by atoms with Gasteiger partial charge >= 0.3 is 5.97 Å². The molecule has 1 N–H and O–H groups in total. The van der Waals surface area contributed by atoms with E-state index in [1.807, 2.05) is 22.8 Å². The zero-order valence-electron chi connectivity index (χ0n) is 13.6. The molecule has 124 valence electrons. The number of aliphatic carboxylic acids is 1. The number of imidazole rings is 1. The van der Waals surface area contributed by atoms with E-state index in [1.54, 1.807) is 20.0 Å². The lowest BCUT2D eigenvalue weighted by Crippen LogP contribution is -2.27. The number of hydrogen-bond acceptors (Lipinski definition) is 3. The Balaban J connectivity index is 2.20. The molecule has 0 amide bonds. The van der Waals surface area contributed by atoms with E-state index < -0.39 is 10.7 Å². The van der Waals surface area contributed by atoms with Crippen molar-refractivity contribution < 1.29 is 9.90 Å². The van der Waals surface area contributed by atoms with Crippen molar-refractivity contribution in [3.63, 3.8) is 0 Å². The summed E-state index contributed by atoms with van der Waals surface area (Å²) < 4.78 is 1.78. The fraction of sp³-hybridized carbons (Fsp3) is 0.222. The number of hydrogen-bond donors (Lipinski definition) is 1. The summed E-state index contributed by atoms with van der Waals surface area (Å²) in [6.07, 6.45) is 1.70. The Labute approximate surface area is 153 Å². The number of nitrogens with zero attached hydrogens (tertiary/aromatic N) is 2. The van der Waals surface area contributed by atoms with Crippen LogP contribution in [0.2, 0.25) is 0 Å². The Morgan fingerprint density at radius 2 is 1.88 bits per heavy atom. The molecule has 0 atom stereocenters. The minimum Gasteiger partial charge on any atom is -0.480 e. The maximum atomic E-state index is 11.5. The molecule has 1 aromatic heterocycles. The third kappa shape index (κ3) is 2.96. The number of rotatable bonds is 4. The average molecular weight is 405 g/mol. The zero-order chi connectivity index (χ0) is 17.5. The summed E-state index contributed by atoms with van der Waals surface area (Å²) >= 11 is 4.77. The summed E-state index contributed by atoms with van der Waals surface area (Å²) in [4.78, 5) is 15.9. The van der Waals surface area contributed by atoms with E-state index >= 15 is 0 Å². The SMILES string of the molecule is Cc1ccc(-n2c(Br)cnc2SC(C)(C)C(=O)O)c2ccccc12. The smallest absolute Gasteiger partial charge is 0.319 e. The van der Waals surface area contributed by atoms with Crippen LogP contribution in [0.5, 0.6) is 0 Å². The molecular weight excluding hydrogens is 388 g/mol. The molecule has 4 nitrogen and oxygen atoms in total. The molecule has 0 fully saturated rings. The molecule has 0 saturated heterocycles. The topological polar surface area (TPSA) is 55.1 Å². The first-order valence-corrected chi connectivity index (χ1v) is 9.06. The van der Waals surface area contributed by atoms with Crippen molar-refractivity contribution in [1.82, 2.24) is 9.55 Å². The monoisotopic (exact) mass is 404 g/mol. The van der Waals surface area contributed by atoms with Gasteiger partial charge in [0.15, 0.2) is 5.16 Å². The summed E-state index contributed by atoms with van der Waals surface area (Å²) in [6.45, 7) is 5.44. The number of fused-ring (bicyclic) bond motifs is 1. The summed E-state index contributed by atoms with van der Waals surface area (Å²) in [5.41, 5.74) is 2.18. The van der Waals surface area contributed by atoms with E-state index in [-0.39, 0.29) is 0 Å². The standard InChI is InChI=1S/C18H17BrN2O2S/c1-11-8-9-14(13-7-5-4-6-12(11)13)21-15(19)10-20-17(21)24-18(2,3)16(22)23/h4-10H,1-3H3,(H,22,23). The van der Waals surface area contributed by atoms with E-state index in [9.17, 15) is 9.90 Å². The zero-order valence-corrected chi connectivity index (χ0v) is 16.0. The molecule has 6 heteroatoms. The van der Waals surface area contributed by atoms with Crippen molar-refractivity contribution in [2.45, 2.75) is 30.7 Å². The van der Waals surface area contributed by atoms with Gasteiger partial charge in [0.25, 0.3) is 0 Å². The van der Waals surface area contributed by atoms with Crippen molar-refractivity contribution in [3.8, 4) is 5.69 Å². The van der Waals surface area contributed by atoms with Gasteiger partial charge in [0.2, 0.25) is 0 Å². The van der Waals surface area contributed by atoms with Crippen LogP contribution < -0.4 is 0 Å². The van der Waals surface area contributed by atoms with E-state index in [0.29, 0.717) is 5.16 Å². The van der Waals surface area contributed by atoms with Gasteiger partial charge in [-0.15, -0.1) is 0 Å². The van der Waals surface area contributed by atoms with Crippen LogP contribution in [-0.4, -0.2) is 25.4 Å². The highest BCUT2D eigenvalue weighted by Gasteiger charge is 2.31. The van der Waals surface area contributed by atoms with Gasteiger partial charge in [-0.1, -0.05) is 42.1 Å². The Kier molecular flexibility index (Phi) is 4.44. The minimum absolute atomic E-state index is 0.642. The number of halogens is 1. The van der Waals surface area contributed by atoms with Crippen molar-refractivity contribution in [1.29, 1.82) is 0 Å². The lowest BCUT2D eigenvalue weighted by molar-refractivity contribution is -0.138. The van der Waals surface area contributed by atoms with Crippen molar-refractivity contribution in [2.24, 2.45) is 0 Å². The first-order valence-electron chi connectivity index (χ1n) is 7.45. The van der Waals surface area contributed by atoms with Crippen LogP contribution in [0, 0.1) is 6.92 Å². The first kappa shape index (κ1) is 17.0. The van der Waals surface area contributed by atoms with Crippen LogP contribution in [0.15, 0.2) is 52.4 Å². The molecule has 3 rings (SSSR count). The third-order valence-electron chi connectivity index (χ3n) is 3.91. The van der Waals surface area contributed by atoms with Crippen molar-refractivity contribution in [2.75, 3.05) is 0 Å². The van der Waals surface area contributed by atoms with E-state index in [1.165, 1.54) is 22.7 Å². The number of thioether (sulfide) groups is 1. The maximum Gasteiger partial charge on any atom is 0.319 e. The number of carboxylic acid groups (broad SMARTS) is 1. The molecule has 0 unspecified atom stereocenters. The predicted molar refractivity (Wildman–Crippen MR) is 101 cm³/mol. The molecule has 2 aromatic carbocycles. The van der Waals surface area contributed by atoms with Gasteiger partial charge in [-0.2, -0.15) is 0 Å². The Bertz CT molecular complexity index is 934. The van der Waals surface area contributed by atoms with Crippen LogP contribution in [0.3, 0.4) is 0 Å². The Morgan fingerprint density at radius 3 is 2.54 bits per heavy atom. The fourth-order valence-corrected chi connectivity index (χ4v) is 4.02. The largest absolute Gasteiger partial charge is 0.480 e. The van der Waals surface area contributed by atoms with E-state index in [4.69, 9.17) is 0 Å². The number of benzene rings is 2. The van der Waals surface area contributed by atoms with E-state index in [2.05, 4.69) is 46.0 Å². The van der Waals surface area contributed by atoms with E-state index in [0.717, 1.165) is 15.7 Å². The summed E-state index contributed by atoms with van der Waals surface area (Å²) in [5.74, 6) is -0.869. The molecule has 0 aliphatic heterocycles. The lowest BCUT2D eigenvalue weighted by atomic mass is 10.0. The van der Waals surface area contributed by atoms with Crippen molar-refractivity contribution in [3.05, 3.63) is 52.8 Å². The number of carboxylic acids is 1. The number of aryl methyl sites for hydroxylation is 1. The molecular formula is C18H17BrN2O2S. The normalized spacial score (nSPS) is 11.8. The van der Waals surface area contributed by atoms with Gasteiger partial charge in [0.1, 0.15) is 9.35 Å². The highest BCUT2D eigenvalue weighted by atomic mass is 79.9. The van der Waals surface area contributed by atoms with Gasteiger partial charge in [-0.25, -0.2) is 4.98 Å². The summed E-state index contributed by atoms with van der Waals surface area (Å²) in [6, 6.07) is 12.3. The molecule has 0 bridgehead atoms. The van der Waals surface area contributed by atoms with Crippen LogP contribution >= 0.6 is 27.7 Å². The highest BCUT2D eigenvalue weighted by Crippen LogP contribution is 2.37. The first-order chi connectivity index (χ1) is 11.3. The molecule has 0 aliphatic rings.